The maximum atomic E-state index is 12.9. The largest absolute Gasteiger partial charge is 0.497 e. The normalized spacial score (nSPS) is 23.0. The number of carbonyl (C=O) groups excluding carboxylic acids is 1. The lowest BCUT2D eigenvalue weighted by Crippen LogP contribution is -2.32. The van der Waals surface area contributed by atoms with E-state index in [1.54, 1.807) is 12.0 Å². The van der Waals surface area contributed by atoms with Gasteiger partial charge in [0.2, 0.25) is 0 Å². The topological polar surface area (TPSA) is 75.8 Å². The van der Waals surface area contributed by atoms with Gasteiger partial charge in [0.25, 0.3) is 5.91 Å². The minimum Gasteiger partial charge on any atom is -0.497 e. The Hall–Kier alpha value is -2.34. The summed E-state index contributed by atoms with van der Waals surface area (Å²) in [5.74, 6) is 1.82. The number of aliphatic hydroxyl groups excluding tert-OH is 1. The molecule has 0 unspecified atom stereocenters. The minimum atomic E-state index is -0.544. The van der Waals surface area contributed by atoms with Crippen LogP contribution < -0.4 is 4.74 Å². The van der Waals surface area contributed by atoms with Crippen molar-refractivity contribution in [2.45, 2.75) is 37.8 Å². The summed E-state index contributed by atoms with van der Waals surface area (Å²) in [6, 6.07) is 7.42. The van der Waals surface area contributed by atoms with Crippen LogP contribution >= 0.6 is 0 Å². The number of methoxy groups -OCH3 is 1. The zero-order chi connectivity index (χ0) is 17.4. The minimum absolute atomic E-state index is 0.193. The summed E-state index contributed by atoms with van der Waals surface area (Å²) in [6.45, 7) is 0.297. The first-order chi connectivity index (χ1) is 12.1. The van der Waals surface area contributed by atoms with Crippen LogP contribution in [0, 0.1) is 5.92 Å². The quantitative estimate of drug-likeness (QED) is 0.904. The lowest BCUT2D eigenvalue weighted by atomic mass is 10.0. The van der Waals surface area contributed by atoms with Crippen LogP contribution in [-0.2, 0) is 6.42 Å². The predicted molar refractivity (Wildman–Crippen MR) is 90.3 cm³/mol. The molecule has 0 bridgehead atoms. The maximum absolute atomic E-state index is 12.9. The Morgan fingerprint density at radius 1 is 1.44 bits per heavy atom. The highest BCUT2D eigenvalue weighted by atomic mass is 16.5. The molecule has 0 radical (unpaired) electrons. The van der Waals surface area contributed by atoms with Crippen molar-refractivity contribution in [3.63, 3.8) is 0 Å². The summed E-state index contributed by atoms with van der Waals surface area (Å²) >= 11 is 0. The lowest BCUT2D eigenvalue weighted by molar-refractivity contribution is 0.0709. The van der Waals surface area contributed by atoms with Crippen molar-refractivity contribution < 1.29 is 19.1 Å². The Kier molecular flexibility index (Phi) is 4.21. The van der Waals surface area contributed by atoms with E-state index >= 15 is 0 Å². The van der Waals surface area contributed by atoms with Gasteiger partial charge in [-0.2, -0.15) is 0 Å². The second-order valence-electron chi connectivity index (χ2n) is 6.91. The molecule has 2 heterocycles. The second-order valence-corrected chi connectivity index (χ2v) is 6.91. The molecule has 2 aliphatic rings. The summed E-state index contributed by atoms with van der Waals surface area (Å²) in [6.07, 6.45) is 4.62. The van der Waals surface area contributed by atoms with E-state index in [-0.39, 0.29) is 11.9 Å². The smallest absolute Gasteiger partial charge is 0.276 e. The van der Waals surface area contributed by atoms with Crippen molar-refractivity contribution in [1.82, 2.24) is 9.88 Å². The van der Waals surface area contributed by atoms with E-state index in [0.29, 0.717) is 30.5 Å². The van der Waals surface area contributed by atoms with Crippen molar-refractivity contribution in [1.29, 1.82) is 0 Å². The van der Waals surface area contributed by atoms with Gasteiger partial charge in [-0.3, -0.25) is 4.79 Å². The standard InChI is InChI=1S/C19H22N2O4/c1-24-15-4-2-3-13(8-15)17-9-14(22)10-21(17)19(23)16-11-25-18(20-16)7-12-5-6-12/h2-4,8,11-12,14,17,22H,5-7,9-10H2,1H3/t14-,17+/m0/s1. The number of β-amino-alcohol motifs (C(OH)–C–C–N with tert-alkyl or cyclic N) is 1. The SMILES string of the molecule is COc1cccc([C@H]2C[C@H](O)CN2C(=O)c2coc(CC3CC3)n2)c1. The number of aromatic nitrogens is 1. The number of ether oxygens (including phenoxy) is 1. The van der Waals surface area contributed by atoms with E-state index in [4.69, 9.17) is 9.15 Å². The van der Waals surface area contributed by atoms with Gasteiger partial charge in [0.15, 0.2) is 11.6 Å². The van der Waals surface area contributed by atoms with Gasteiger partial charge in [-0.15, -0.1) is 0 Å². The third-order valence-electron chi connectivity index (χ3n) is 4.95. The zero-order valence-corrected chi connectivity index (χ0v) is 14.2. The fourth-order valence-corrected chi connectivity index (χ4v) is 3.42. The molecule has 25 heavy (non-hydrogen) atoms. The molecule has 0 spiro atoms. The summed E-state index contributed by atoms with van der Waals surface area (Å²) in [5, 5.41) is 10.1. The van der Waals surface area contributed by atoms with E-state index in [9.17, 15) is 9.90 Å². The van der Waals surface area contributed by atoms with E-state index < -0.39 is 6.10 Å². The first-order valence-corrected chi connectivity index (χ1v) is 8.71. The molecule has 6 heteroatoms. The van der Waals surface area contributed by atoms with E-state index in [0.717, 1.165) is 17.7 Å². The van der Waals surface area contributed by atoms with Gasteiger partial charge in [0.1, 0.15) is 12.0 Å². The molecule has 1 N–H and O–H groups in total. The number of nitrogens with zero attached hydrogens (tertiary/aromatic N) is 2. The molecule has 2 fully saturated rings. The van der Waals surface area contributed by atoms with Crippen LogP contribution in [0.15, 0.2) is 34.9 Å². The van der Waals surface area contributed by atoms with Crippen LogP contribution in [0.5, 0.6) is 5.75 Å². The first kappa shape index (κ1) is 16.1. The molecule has 4 rings (SSSR count). The zero-order valence-electron chi connectivity index (χ0n) is 14.2. The highest BCUT2D eigenvalue weighted by molar-refractivity contribution is 5.92. The molecule has 1 amide bonds. The van der Waals surface area contributed by atoms with Gasteiger partial charge >= 0.3 is 0 Å². The molecule has 132 valence electrons. The molecular formula is C19H22N2O4. The number of carbonyl (C=O) groups is 1. The Balaban J connectivity index is 1.55. The van der Waals surface area contributed by atoms with E-state index in [2.05, 4.69) is 4.98 Å². The number of hydrogen-bond donors (Lipinski definition) is 1. The molecule has 1 aliphatic heterocycles. The summed E-state index contributed by atoms with van der Waals surface area (Å²) in [5.41, 5.74) is 1.27. The number of hydrogen-bond acceptors (Lipinski definition) is 5. The number of amides is 1. The first-order valence-electron chi connectivity index (χ1n) is 8.71. The van der Waals surface area contributed by atoms with Gasteiger partial charge in [0, 0.05) is 13.0 Å². The summed E-state index contributed by atoms with van der Waals surface area (Å²) in [4.78, 5) is 18.9. The predicted octanol–water partition coefficient (Wildman–Crippen LogP) is 2.58. The van der Waals surface area contributed by atoms with Crippen LogP contribution in [0.4, 0.5) is 0 Å². The average molecular weight is 342 g/mol. The van der Waals surface area contributed by atoms with Crippen LogP contribution in [0.25, 0.3) is 0 Å². The van der Waals surface area contributed by atoms with Crippen molar-refractivity contribution in [2.24, 2.45) is 5.92 Å². The van der Waals surface area contributed by atoms with Gasteiger partial charge in [-0.25, -0.2) is 4.98 Å². The molecule has 1 aromatic carbocycles. The van der Waals surface area contributed by atoms with Gasteiger partial charge in [-0.05, 0) is 42.9 Å². The maximum Gasteiger partial charge on any atom is 0.276 e. The molecule has 1 saturated carbocycles. The van der Waals surface area contributed by atoms with Crippen molar-refractivity contribution in [2.75, 3.05) is 13.7 Å². The Bertz CT molecular complexity index is 768. The monoisotopic (exact) mass is 342 g/mol. The second kappa shape index (κ2) is 6.52. The highest BCUT2D eigenvalue weighted by Crippen LogP contribution is 2.35. The fraction of sp³-hybridized carbons (Fsp3) is 0.474. The fourth-order valence-electron chi connectivity index (χ4n) is 3.42. The molecule has 6 nitrogen and oxygen atoms in total. The van der Waals surface area contributed by atoms with Crippen LogP contribution in [0.3, 0.4) is 0 Å². The van der Waals surface area contributed by atoms with Crippen molar-refractivity contribution in [3.05, 3.63) is 47.7 Å². The number of oxazole rings is 1. The number of rotatable bonds is 5. The molecule has 1 aliphatic carbocycles. The lowest BCUT2D eigenvalue weighted by Gasteiger charge is -2.24. The van der Waals surface area contributed by atoms with Gasteiger partial charge < -0.3 is 19.2 Å². The van der Waals surface area contributed by atoms with Crippen LogP contribution in [0.1, 0.15) is 47.2 Å². The third-order valence-corrected chi connectivity index (χ3v) is 4.95. The third kappa shape index (κ3) is 3.39. The number of aliphatic hydroxyl groups is 1. The number of benzene rings is 1. The van der Waals surface area contributed by atoms with E-state index in [1.165, 1.54) is 19.1 Å². The summed E-state index contributed by atoms with van der Waals surface area (Å²) < 4.78 is 10.7. The summed E-state index contributed by atoms with van der Waals surface area (Å²) in [7, 11) is 1.61. The number of likely N-dealkylation sites (tertiary alicyclic amines) is 1. The molecule has 2 aromatic rings. The van der Waals surface area contributed by atoms with Gasteiger partial charge in [0.05, 0.1) is 19.3 Å². The van der Waals surface area contributed by atoms with E-state index in [1.807, 2.05) is 24.3 Å². The average Bonchev–Trinajstić information content (AvgIpc) is 3.16. The molecular weight excluding hydrogens is 320 g/mol. The van der Waals surface area contributed by atoms with Crippen LogP contribution in [0.2, 0.25) is 0 Å². The van der Waals surface area contributed by atoms with Crippen molar-refractivity contribution in [3.8, 4) is 5.75 Å². The molecule has 1 saturated heterocycles. The van der Waals surface area contributed by atoms with Crippen LogP contribution in [-0.4, -0.2) is 40.7 Å². The molecule has 1 aromatic heterocycles. The Morgan fingerprint density at radius 3 is 3.04 bits per heavy atom. The Labute approximate surface area is 146 Å². The van der Waals surface area contributed by atoms with Crippen molar-refractivity contribution >= 4 is 5.91 Å². The highest BCUT2D eigenvalue weighted by Gasteiger charge is 2.37. The Morgan fingerprint density at radius 2 is 2.28 bits per heavy atom. The molecule has 2 atom stereocenters. The van der Waals surface area contributed by atoms with Gasteiger partial charge in [-0.1, -0.05) is 12.1 Å².